The lowest BCUT2D eigenvalue weighted by Crippen LogP contribution is -2.57. The van der Waals surface area contributed by atoms with Crippen LogP contribution in [0.1, 0.15) is 68.2 Å². The zero-order chi connectivity index (χ0) is 19.5. The topological polar surface area (TPSA) is 61.4 Å². The maximum atomic E-state index is 12.5. The van der Waals surface area contributed by atoms with Gasteiger partial charge in [-0.25, -0.2) is 4.79 Å². The van der Waals surface area contributed by atoms with Crippen LogP contribution in [0.4, 0.5) is 4.79 Å². The zero-order valence-electron chi connectivity index (χ0n) is 17.5. The first-order valence-electron chi connectivity index (χ1n) is 9.49. The summed E-state index contributed by atoms with van der Waals surface area (Å²) < 4.78 is 0. The quantitative estimate of drug-likeness (QED) is 0.744. The maximum absolute atomic E-state index is 12.5. The molecular formula is C20H39N3O2. The summed E-state index contributed by atoms with van der Waals surface area (Å²) in [4.78, 5) is 26.2. The fraction of sp³-hybridized carbons (Fsp3) is 0.900. The number of hydrogen-bond donors (Lipinski definition) is 2. The standard InChI is InChI=1S/C20H39N3O2/c1-18(2,3)15(13-23-11-9-20(7,8)10-12-23)21-17(25)22-16(14-24)19(4,5)6/h14-16H,9-13H2,1-8H3,(H2,21,22,25). The van der Waals surface area contributed by atoms with Crippen LogP contribution in [0.25, 0.3) is 0 Å². The third kappa shape index (κ3) is 7.35. The summed E-state index contributed by atoms with van der Waals surface area (Å²) in [6.07, 6.45) is 3.19. The largest absolute Gasteiger partial charge is 0.334 e. The molecule has 0 aromatic heterocycles. The van der Waals surface area contributed by atoms with Gasteiger partial charge in [0.25, 0.3) is 0 Å². The van der Waals surface area contributed by atoms with E-state index in [0.29, 0.717) is 5.41 Å². The predicted molar refractivity (Wildman–Crippen MR) is 104 cm³/mol. The lowest BCUT2D eigenvalue weighted by molar-refractivity contribution is -0.111. The number of rotatable bonds is 5. The Hall–Kier alpha value is -1.10. The van der Waals surface area contributed by atoms with Crippen LogP contribution in [-0.4, -0.2) is 48.9 Å². The number of nitrogens with zero attached hydrogens (tertiary/aromatic N) is 1. The van der Waals surface area contributed by atoms with E-state index in [4.69, 9.17) is 0 Å². The van der Waals surface area contributed by atoms with E-state index in [1.54, 1.807) is 0 Å². The average molecular weight is 354 g/mol. The first-order chi connectivity index (χ1) is 11.2. The molecule has 0 aromatic rings. The number of nitrogens with one attached hydrogen (secondary N) is 2. The summed E-state index contributed by atoms with van der Waals surface area (Å²) in [5, 5.41) is 5.93. The van der Waals surface area contributed by atoms with Crippen LogP contribution >= 0.6 is 0 Å². The molecule has 2 unspecified atom stereocenters. The van der Waals surface area contributed by atoms with Gasteiger partial charge in [-0.15, -0.1) is 0 Å². The molecule has 25 heavy (non-hydrogen) atoms. The molecule has 1 heterocycles. The molecule has 0 radical (unpaired) electrons. The van der Waals surface area contributed by atoms with Gasteiger partial charge in [0.1, 0.15) is 6.29 Å². The highest BCUT2D eigenvalue weighted by Gasteiger charge is 2.33. The van der Waals surface area contributed by atoms with Crippen molar-refractivity contribution in [2.24, 2.45) is 16.2 Å². The van der Waals surface area contributed by atoms with Gasteiger partial charge < -0.3 is 20.3 Å². The summed E-state index contributed by atoms with van der Waals surface area (Å²) in [6, 6.07) is -0.728. The molecule has 2 N–H and O–H groups in total. The van der Waals surface area contributed by atoms with Gasteiger partial charge in [0, 0.05) is 12.6 Å². The first-order valence-corrected chi connectivity index (χ1v) is 9.49. The van der Waals surface area contributed by atoms with Crippen molar-refractivity contribution in [1.29, 1.82) is 0 Å². The molecular weight excluding hydrogens is 314 g/mol. The van der Waals surface area contributed by atoms with Gasteiger partial charge >= 0.3 is 6.03 Å². The Kier molecular flexibility index (Phi) is 7.08. The minimum Gasteiger partial charge on any atom is -0.334 e. The van der Waals surface area contributed by atoms with E-state index in [1.165, 1.54) is 12.8 Å². The lowest BCUT2D eigenvalue weighted by atomic mass is 9.81. The van der Waals surface area contributed by atoms with E-state index in [0.717, 1.165) is 25.9 Å². The normalized spacial score (nSPS) is 21.3. The number of urea groups is 1. The Morgan fingerprint density at radius 3 is 1.96 bits per heavy atom. The van der Waals surface area contributed by atoms with Crippen molar-refractivity contribution in [3.63, 3.8) is 0 Å². The third-order valence-corrected chi connectivity index (χ3v) is 5.36. The minimum absolute atomic E-state index is 0.0287. The minimum atomic E-state index is -0.496. The number of amides is 2. The molecule has 5 nitrogen and oxygen atoms in total. The van der Waals surface area contributed by atoms with Crippen LogP contribution in [0.5, 0.6) is 0 Å². The van der Waals surface area contributed by atoms with Crippen LogP contribution < -0.4 is 10.6 Å². The molecule has 5 heteroatoms. The Morgan fingerprint density at radius 1 is 1.04 bits per heavy atom. The van der Waals surface area contributed by atoms with E-state index in [9.17, 15) is 9.59 Å². The van der Waals surface area contributed by atoms with Gasteiger partial charge in [-0.05, 0) is 42.2 Å². The molecule has 0 saturated carbocycles. The molecule has 1 fully saturated rings. The van der Waals surface area contributed by atoms with Crippen molar-refractivity contribution >= 4 is 12.3 Å². The molecule has 0 bridgehead atoms. The van der Waals surface area contributed by atoms with Crippen molar-refractivity contribution in [2.45, 2.75) is 80.3 Å². The maximum Gasteiger partial charge on any atom is 0.315 e. The molecule has 146 valence electrons. The second-order valence-electron chi connectivity index (χ2n) is 10.5. The fourth-order valence-electron chi connectivity index (χ4n) is 2.93. The monoisotopic (exact) mass is 353 g/mol. The van der Waals surface area contributed by atoms with E-state index in [2.05, 4.69) is 50.2 Å². The number of carbonyl (C=O) groups is 2. The molecule has 0 spiro atoms. The molecule has 0 aromatic carbocycles. The smallest absolute Gasteiger partial charge is 0.315 e. The molecule has 2 atom stereocenters. The second kappa shape index (κ2) is 8.07. The van der Waals surface area contributed by atoms with Gasteiger partial charge in [-0.3, -0.25) is 0 Å². The van der Waals surface area contributed by atoms with E-state index in [-0.39, 0.29) is 22.9 Å². The number of likely N-dealkylation sites (tertiary alicyclic amines) is 1. The lowest BCUT2D eigenvalue weighted by Gasteiger charge is -2.41. The number of hydrogen-bond acceptors (Lipinski definition) is 3. The van der Waals surface area contributed by atoms with Gasteiger partial charge in [0.15, 0.2) is 0 Å². The second-order valence-corrected chi connectivity index (χ2v) is 10.5. The van der Waals surface area contributed by atoms with E-state index >= 15 is 0 Å². The van der Waals surface area contributed by atoms with Gasteiger partial charge in [-0.2, -0.15) is 0 Å². The fourth-order valence-corrected chi connectivity index (χ4v) is 2.93. The Bertz CT molecular complexity index is 451. The van der Waals surface area contributed by atoms with E-state index < -0.39 is 6.04 Å². The molecule has 1 aliphatic heterocycles. The molecule has 1 rings (SSSR count). The van der Waals surface area contributed by atoms with Crippen molar-refractivity contribution in [3.8, 4) is 0 Å². The summed E-state index contributed by atoms with van der Waals surface area (Å²) in [6.45, 7) is 19.9. The van der Waals surface area contributed by atoms with Crippen molar-refractivity contribution in [2.75, 3.05) is 19.6 Å². The molecule has 1 saturated heterocycles. The number of piperidine rings is 1. The summed E-state index contributed by atoms with van der Waals surface area (Å²) in [5.41, 5.74) is 0.0694. The highest BCUT2D eigenvalue weighted by atomic mass is 16.2. The van der Waals surface area contributed by atoms with Gasteiger partial charge in [0.05, 0.1) is 6.04 Å². The number of aldehydes is 1. The van der Waals surface area contributed by atoms with Crippen LogP contribution in [0.15, 0.2) is 0 Å². The third-order valence-electron chi connectivity index (χ3n) is 5.36. The Balaban J connectivity index is 2.68. The molecule has 0 aliphatic carbocycles. The first kappa shape index (κ1) is 21.9. The van der Waals surface area contributed by atoms with Crippen LogP contribution in [0, 0.1) is 16.2 Å². The van der Waals surface area contributed by atoms with Gasteiger partial charge in [0.2, 0.25) is 0 Å². The predicted octanol–water partition coefficient (Wildman–Crippen LogP) is 3.44. The Morgan fingerprint density at radius 2 is 1.56 bits per heavy atom. The zero-order valence-corrected chi connectivity index (χ0v) is 17.5. The van der Waals surface area contributed by atoms with Crippen molar-refractivity contribution in [3.05, 3.63) is 0 Å². The van der Waals surface area contributed by atoms with E-state index in [1.807, 2.05) is 20.8 Å². The Labute approximate surface area is 154 Å². The van der Waals surface area contributed by atoms with Crippen LogP contribution in [-0.2, 0) is 4.79 Å². The summed E-state index contributed by atoms with van der Waals surface area (Å²) >= 11 is 0. The van der Waals surface area contributed by atoms with Crippen molar-refractivity contribution < 1.29 is 9.59 Å². The molecule has 1 aliphatic rings. The van der Waals surface area contributed by atoms with Crippen LogP contribution in [0.3, 0.4) is 0 Å². The highest BCUT2D eigenvalue weighted by molar-refractivity contribution is 5.78. The van der Waals surface area contributed by atoms with Crippen molar-refractivity contribution in [1.82, 2.24) is 15.5 Å². The average Bonchev–Trinajstić information content (AvgIpc) is 2.43. The summed E-state index contributed by atoms with van der Waals surface area (Å²) in [5.74, 6) is 0. The van der Waals surface area contributed by atoms with Crippen LogP contribution in [0.2, 0.25) is 0 Å². The van der Waals surface area contributed by atoms with Gasteiger partial charge in [-0.1, -0.05) is 55.4 Å². The number of carbonyl (C=O) groups excluding carboxylic acids is 2. The summed E-state index contributed by atoms with van der Waals surface area (Å²) in [7, 11) is 0. The molecule has 2 amide bonds. The SMILES string of the molecule is CC1(C)CCN(CC(NC(=O)NC(C=O)C(C)(C)C)C(C)(C)C)CC1. The highest BCUT2D eigenvalue weighted by Crippen LogP contribution is 2.30.